The zero-order valence-corrected chi connectivity index (χ0v) is 10.1. The number of nitrogens with zero attached hydrogens (tertiary/aromatic N) is 1. The molecular formula is C10H20N2OS. The predicted octanol–water partition coefficient (Wildman–Crippen LogP) is 1.88. The Labute approximate surface area is 90.7 Å². The van der Waals surface area contributed by atoms with Crippen molar-refractivity contribution in [3.8, 4) is 0 Å². The molecule has 3 nitrogen and oxygen atoms in total. The lowest BCUT2D eigenvalue weighted by Gasteiger charge is -2.22. The molecule has 0 radical (unpaired) electrons. The molecule has 1 aliphatic heterocycles. The molecule has 0 saturated heterocycles. The minimum absolute atomic E-state index is 0.400. The Kier molecular flexibility index (Phi) is 5.33. The maximum Gasteiger partial charge on any atom is 0.157 e. The number of amidine groups is 1. The lowest BCUT2D eigenvalue weighted by atomic mass is 10.2. The van der Waals surface area contributed by atoms with E-state index >= 15 is 0 Å². The SMILES string of the molecule is CCC(COC)NC1=NC(C)CCS1. The summed E-state index contributed by atoms with van der Waals surface area (Å²) in [6.45, 7) is 5.08. The van der Waals surface area contributed by atoms with Crippen LogP contribution >= 0.6 is 11.8 Å². The summed E-state index contributed by atoms with van der Waals surface area (Å²) in [6.07, 6.45) is 2.26. The van der Waals surface area contributed by atoms with Crippen molar-refractivity contribution in [2.24, 2.45) is 4.99 Å². The second-order valence-electron chi connectivity index (χ2n) is 3.63. The van der Waals surface area contributed by atoms with Gasteiger partial charge < -0.3 is 10.1 Å². The molecule has 1 rings (SSSR count). The van der Waals surface area contributed by atoms with Gasteiger partial charge in [0.05, 0.1) is 18.7 Å². The number of nitrogens with one attached hydrogen (secondary N) is 1. The van der Waals surface area contributed by atoms with Gasteiger partial charge in [-0.3, -0.25) is 4.99 Å². The van der Waals surface area contributed by atoms with Crippen molar-refractivity contribution in [3.05, 3.63) is 0 Å². The van der Waals surface area contributed by atoms with E-state index in [1.807, 2.05) is 11.8 Å². The molecule has 2 unspecified atom stereocenters. The van der Waals surface area contributed by atoms with Crippen LogP contribution in [0.5, 0.6) is 0 Å². The van der Waals surface area contributed by atoms with E-state index in [0.29, 0.717) is 12.1 Å². The van der Waals surface area contributed by atoms with Crippen LogP contribution < -0.4 is 5.32 Å². The molecule has 0 aromatic carbocycles. The minimum Gasteiger partial charge on any atom is -0.383 e. The van der Waals surface area contributed by atoms with Crippen LogP contribution in [0.15, 0.2) is 4.99 Å². The van der Waals surface area contributed by atoms with Gasteiger partial charge in [-0.05, 0) is 19.8 Å². The second-order valence-corrected chi connectivity index (χ2v) is 4.71. The van der Waals surface area contributed by atoms with Crippen LogP contribution in [0.25, 0.3) is 0 Å². The standard InChI is InChI=1S/C10H20N2OS/c1-4-9(7-13-3)12-10-11-8(2)5-6-14-10/h8-9H,4-7H2,1-3H3,(H,11,12). The molecule has 0 bridgehead atoms. The molecule has 0 amide bonds. The number of hydrogen-bond acceptors (Lipinski definition) is 4. The van der Waals surface area contributed by atoms with Crippen LogP contribution in [0, 0.1) is 0 Å². The van der Waals surface area contributed by atoms with Crippen LogP contribution in [-0.2, 0) is 4.74 Å². The zero-order chi connectivity index (χ0) is 10.4. The molecule has 0 fully saturated rings. The summed E-state index contributed by atoms with van der Waals surface area (Å²) in [5, 5.41) is 4.52. The van der Waals surface area contributed by atoms with E-state index in [1.54, 1.807) is 7.11 Å². The van der Waals surface area contributed by atoms with Crippen LogP contribution in [0.2, 0.25) is 0 Å². The Bertz CT molecular complexity index is 197. The number of hydrogen-bond donors (Lipinski definition) is 1. The lowest BCUT2D eigenvalue weighted by molar-refractivity contribution is 0.172. The molecule has 0 aromatic rings. The first kappa shape index (κ1) is 11.9. The monoisotopic (exact) mass is 216 g/mol. The second kappa shape index (κ2) is 6.30. The van der Waals surface area contributed by atoms with E-state index in [1.165, 1.54) is 12.2 Å². The maximum atomic E-state index is 5.14. The van der Waals surface area contributed by atoms with E-state index < -0.39 is 0 Å². The average Bonchev–Trinajstić information content (AvgIpc) is 2.17. The highest BCUT2D eigenvalue weighted by Crippen LogP contribution is 2.16. The summed E-state index contributed by atoms with van der Waals surface area (Å²) < 4.78 is 5.14. The van der Waals surface area contributed by atoms with Gasteiger partial charge in [-0.2, -0.15) is 0 Å². The van der Waals surface area contributed by atoms with Gasteiger partial charge in [0.25, 0.3) is 0 Å². The fraction of sp³-hybridized carbons (Fsp3) is 0.900. The molecule has 1 N–H and O–H groups in total. The van der Waals surface area contributed by atoms with Crippen molar-refractivity contribution in [3.63, 3.8) is 0 Å². The van der Waals surface area contributed by atoms with Gasteiger partial charge in [0.2, 0.25) is 0 Å². The van der Waals surface area contributed by atoms with Crippen molar-refractivity contribution < 1.29 is 4.74 Å². The van der Waals surface area contributed by atoms with Crippen molar-refractivity contribution in [2.75, 3.05) is 19.5 Å². The van der Waals surface area contributed by atoms with Gasteiger partial charge in [-0.15, -0.1) is 0 Å². The van der Waals surface area contributed by atoms with Gasteiger partial charge in [0, 0.05) is 12.9 Å². The average molecular weight is 216 g/mol. The van der Waals surface area contributed by atoms with Crippen molar-refractivity contribution in [1.82, 2.24) is 5.32 Å². The molecule has 2 atom stereocenters. The Morgan fingerprint density at radius 3 is 3.07 bits per heavy atom. The smallest absolute Gasteiger partial charge is 0.157 e. The number of methoxy groups -OCH3 is 1. The third-order valence-corrected chi connectivity index (χ3v) is 3.24. The van der Waals surface area contributed by atoms with E-state index in [2.05, 4.69) is 24.2 Å². The molecule has 0 aromatic heterocycles. The normalized spacial score (nSPS) is 24.2. The Morgan fingerprint density at radius 1 is 1.71 bits per heavy atom. The maximum absolute atomic E-state index is 5.14. The molecule has 82 valence electrons. The minimum atomic E-state index is 0.400. The third-order valence-electron chi connectivity index (χ3n) is 2.30. The molecular weight excluding hydrogens is 196 g/mol. The van der Waals surface area contributed by atoms with E-state index in [-0.39, 0.29) is 0 Å². The van der Waals surface area contributed by atoms with Gasteiger partial charge in [-0.1, -0.05) is 18.7 Å². The van der Waals surface area contributed by atoms with E-state index in [9.17, 15) is 0 Å². The Balaban J connectivity index is 2.40. The summed E-state index contributed by atoms with van der Waals surface area (Å²) in [7, 11) is 1.74. The summed E-state index contributed by atoms with van der Waals surface area (Å²) in [4.78, 5) is 4.57. The molecule has 0 saturated carbocycles. The first-order valence-corrected chi connectivity index (χ1v) is 6.21. The predicted molar refractivity (Wildman–Crippen MR) is 63.1 cm³/mol. The van der Waals surface area contributed by atoms with Crippen molar-refractivity contribution >= 4 is 16.9 Å². The molecule has 4 heteroatoms. The molecule has 1 aliphatic rings. The first-order valence-electron chi connectivity index (χ1n) is 5.22. The Hall–Kier alpha value is -0.220. The molecule has 0 spiro atoms. The molecule has 0 aliphatic carbocycles. The highest BCUT2D eigenvalue weighted by atomic mass is 32.2. The summed E-state index contributed by atoms with van der Waals surface area (Å²) >= 11 is 1.82. The van der Waals surface area contributed by atoms with E-state index in [0.717, 1.165) is 18.2 Å². The fourth-order valence-corrected chi connectivity index (χ4v) is 2.50. The van der Waals surface area contributed by atoms with Gasteiger partial charge in [0.15, 0.2) is 5.17 Å². The number of thioether (sulfide) groups is 1. The molecule has 14 heavy (non-hydrogen) atoms. The van der Waals surface area contributed by atoms with Gasteiger partial charge in [-0.25, -0.2) is 0 Å². The topological polar surface area (TPSA) is 33.6 Å². The first-order chi connectivity index (χ1) is 6.76. The highest BCUT2D eigenvalue weighted by molar-refractivity contribution is 8.13. The third kappa shape index (κ3) is 3.88. The van der Waals surface area contributed by atoms with Crippen LogP contribution in [0.1, 0.15) is 26.7 Å². The quantitative estimate of drug-likeness (QED) is 0.779. The van der Waals surface area contributed by atoms with Gasteiger partial charge in [0.1, 0.15) is 0 Å². The summed E-state index contributed by atoms with van der Waals surface area (Å²) in [5.41, 5.74) is 0. The van der Waals surface area contributed by atoms with Crippen LogP contribution in [0.4, 0.5) is 0 Å². The highest BCUT2D eigenvalue weighted by Gasteiger charge is 2.14. The number of rotatable bonds is 4. The number of aliphatic imine (C=N–C) groups is 1. The molecule has 1 heterocycles. The summed E-state index contributed by atoms with van der Waals surface area (Å²) in [6, 6.07) is 0.871. The van der Waals surface area contributed by atoms with Crippen LogP contribution in [-0.4, -0.2) is 36.7 Å². The largest absolute Gasteiger partial charge is 0.383 e. The summed E-state index contributed by atoms with van der Waals surface area (Å²) in [5.74, 6) is 1.18. The van der Waals surface area contributed by atoms with Gasteiger partial charge >= 0.3 is 0 Å². The lowest BCUT2D eigenvalue weighted by Crippen LogP contribution is -2.37. The van der Waals surface area contributed by atoms with Crippen molar-refractivity contribution in [1.29, 1.82) is 0 Å². The zero-order valence-electron chi connectivity index (χ0n) is 9.25. The number of ether oxygens (including phenoxy) is 1. The van der Waals surface area contributed by atoms with Crippen LogP contribution in [0.3, 0.4) is 0 Å². The Morgan fingerprint density at radius 2 is 2.50 bits per heavy atom. The van der Waals surface area contributed by atoms with E-state index in [4.69, 9.17) is 4.74 Å². The van der Waals surface area contributed by atoms with Crippen molar-refractivity contribution in [2.45, 2.75) is 38.8 Å². The fourth-order valence-electron chi connectivity index (χ4n) is 1.34.